The first-order chi connectivity index (χ1) is 13.0. The molecule has 1 heterocycles. The number of benzene rings is 2. The van der Waals surface area contributed by atoms with Crippen LogP contribution < -0.4 is 10.1 Å². The van der Waals surface area contributed by atoms with Crippen LogP contribution in [0.3, 0.4) is 0 Å². The van der Waals surface area contributed by atoms with E-state index < -0.39 is 10.0 Å². The molecule has 1 aliphatic heterocycles. The smallest absolute Gasteiger partial charge is 0.243 e. The number of piperidine rings is 1. The lowest BCUT2D eigenvalue weighted by molar-refractivity contribution is -0.115. The normalized spacial score (nSPS) is 15.3. The monoisotopic (exact) mass is 388 g/mol. The molecule has 3 rings (SSSR count). The Morgan fingerprint density at radius 3 is 2.44 bits per heavy atom. The van der Waals surface area contributed by atoms with Crippen LogP contribution in [-0.4, -0.2) is 38.8 Å². The Morgan fingerprint density at radius 1 is 1.07 bits per heavy atom. The van der Waals surface area contributed by atoms with Gasteiger partial charge in [-0.25, -0.2) is 8.42 Å². The number of anilines is 1. The maximum atomic E-state index is 12.7. The van der Waals surface area contributed by atoms with Crippen LogP contribution in [0.15, 0.2) is 53.4 Å². The van der Waals surface area contributed by atoms with E-state index >= 15 is 0 Å². The second-order valence-corrected chi connectivity index (χ2v) is 8.50. The van der Waals surface area contributed by atoms with Gasteiger partial charge in [0.15, 0.2) is 0 Å². The highest BCUT2D eigenvalue weighted by atomic mass is 32.2. The molecule has 1 N–H and O–H groups in total. The van der Waals surface area contributed by atoms with E-state index in [0.717, 1.165) is 24.8 Å². The molecule has 0 saturated carbocycles. The van der Waals surface area contributed by atoms with Crippen LogP contribution in [0.2, 0.25) is 0 Å². The first-order valence-electron chi connectivity index (χ1n) is 9.02. The number of methoxy groups -OCH3 is 1. The molecule has 0 aromatic heterocycles. The summed E-state index contributed by atoms with van der Waals surface area (Å²) in [7, 11) is -1.87. The quantitative estimate of drug-likeness (QED) is 0.825. The molecule has 7 heteroatoms. The largest absolute Gasteiger partial charge is 0.497 e. The van der Waals surface area contributed by atoms with Crippen molar-refractivity contribution in [1.29, 1.82) is 0 Å². The zero-order valence-electron chi connectivity index (χ0n) is 15.3. The highest BCUT2D eigenvalue weighted by molar-refractivity contribution is 7.89. The second kappa shape index (κ2) is 8.54. The van der Waals surface area contributed by atoms with E-state index in [1.807, 2.05) is 0 Å². The highest BCUT2D eigenvalue weighted by Gasteiger charge is 2.25. The van der Waals surface area contributed by atoms with Gasteiger partial charge in [0.1, 0.15) is 5.75 Å². The minimum atomic E-state index is -3.44. The molecule has 1 amide bonds. The van der Waals surface area contributed by atoms with Gasteiger partial charge in [0.25, 0.3) is 0 Å². The minimum Gasteiger partial charge on any atom is -0.497 e. The summed E-state index contributed by atoms with van der Waals surface area (Å²) in [6, 6.07) is 13.7. The summed E-state index contributed by atoms with van der Waals surface area (Å²) in [5.74, 6) is 0.495. The number of hydrogen-bond acceptors (Lipinski definition) is 4. The molecule has 6 nitrogen and oxygen atoms in total. The third kappa shape index (κ3) is 4.87. The van der Waals surface area contributed by atoms with Crippen molar-refractivity contribution in [1.82, 2.24) is 4.31 Å². The lowest BCUT2D eigenvalue weighted by Gasteiger charge is -2.25. The van der Waals surface area contributed by atoms with Crippen LogP contribution in [0.5, 0.6) is 5.75 Å². The van der Waals surface area contributed by atoms with Crippen molar-refractivity contribution >= 4 is 21.6 Å². The maximum absolute atomic E-state index is 12.7. The van der Waals surface area contributed by atoms with Gasteiger partial charge >= 0.3 is 0 Å². The number of ether oxygens (including phenoxy) is 1. The van der Waals surface area contributed by atoms with Crippen LogP contribution in [0.25, 0.3) is 0 Å². The van der Waals surface area contributed by atoms with Crippen LogP contribution >= 0.6 is 0 Å². The van der Waals surface area contributed by atoms with Crippen molar-refractivity contribution in [3.63, 3.8) is 0 Å². The first kappa shape index (κ1) is 19.4. The van der Waals surface area contributed by atoms with Gasteiger partial charge in [-0.2, -0.15) is 4.31 Å². The zero-order valence-corrected chi connectivity index (χ0v) is 16.2. The second-order valence-electron chi connectivity index (χ2n) is 6.57. The maximum Gasteiger partial charge on any atom is 0.243 e. The van der Waals surface area contributed by atoms with Gasteiger partial charge in [0, 0.05) is 24.8 Å². The van der Waals surface area contributed by atoms with Gasteiger partial charge in [-0.05, 0) is 42.7 Å². The standard InChI is InChI=1S/C20H24N2O4S/c1-26-18-7-5-6-17(15-18)21-20(23)14-16-8-10-19(11-9-16)27(24,25)22-12-3-2-4-13-22/h5-11,15H,2-4,12-14H2,1H3,(H,21,23). The summed E-state index contributed by atoms with van der Waals surface area (Å²) in [6.07, 6.45) is 3.05. The molecular weight excluding hydrogens is 364 g/mol. The molecule has 2 aromatic rings. The fourth-order valence-corrected chi connectivity index (χ4v) is 4.64. The number of nitrogens with zero attached hydrogens (tertiary/aromatic N) is 1. The van der Waals surface area contributed by atoms with E-state index in [2.05, 4.69) is 5.32 Å². The summed E-state index contributed by atoms with van der Waals surface area (Å²) in [5.41, 5.74) is 1.41. The Balaban J connectivity index is 1.63. The molecule has 0 radical (unpaired) electrons. The number of nitrogens with one attached hydrogen (secondary N) is 1. The number of carbonyl (C=O) groups excluding carboxylic acids is 1. The van der Waals surface area contributed by atoms with Gasteiger partial charge in [-0.1, -0.05) is 24.6 Å². The third-order valence-corrected chi connectivity index (χ3v) is 6.51. The van der Waals surface area contributed by atoms with Crippen molar-refractivity contribution in [2.45, 2.75) is 30.6 Å². The molecular formula is C20H24N2O4S. The molecule has 0 spiro atoms. The lowest BCUT2D eigenvalue weighted by atomic mass is 10.1. The van der Waals surface area contributed by atoms with Crippen molar-refractivity contribution in [3.8, 4) is 5.75 Å². The summed E-state index contributed by atoms with van der Waals surface area (Å²) in [6.45, 7) is 1.15. The van der Waals surface area contributed by atoms with E-state index in [-0.39, 0.29) is 17.2 Å². The number of hydrogen-bond donors (Lipinski definition) is 1. The Bertz CT molecular complexity index is 888. The van der Waals surface area contributed by atoms with E-state index in [1.54, 1.807) is 59.9 Å². The van der Waals surface area contributed by atoms with Gasteiger partial charge in [0.2, 0.25) is 15.9 Å². The molecule has 0 aliphatic carbocycles. The van der Waals surface area contributed by atoms with E-state index in [1.165, 1.54) is 0 Å². The summed E-state index contributed by atoms with van der Waals surface area (Å²) < 4.78 is 32.0. The predicted molar refractivity (Wildman–Crippen MR) is 104 cm³/mol. The fourth-order valence-electron chi connectivity index (χ4n) is 3.12. The molecule has 144 valence electrons. The Morgan fingerprint density at radius 2 is 1.78 bits per heavy atom. The van der Waals surface area contributed by atoms with E-state index in [9.17, 15) is 13.2 Å². The molecule has 0 bridgehead atoms. The average molecular weight is 388 g/mol. The number of rotatable bonds is 6. The van der Waals surface area contributed by atoms with Crippen LogP contribution in [0.1, 0.15) is 24.8 Å². The van der Waals surface area contributed by atoms with Gasteiger partial charge < -0.3 is 10.1 Å². The molecule has 1 saturated heterocycles. The third-order valence-electron chi connectivity index (χ3n) is 4.59. The topological polar surface area (TPSA) is 75.7 Å². The first-order valence-corrected chi connectivity index (χ1v) is 10.5. The van der Waals surface area contributed by atoms with Gasteiger partial charge in [-0.15, -0.1) is 0 Å². The summed E-state index contributed by atoms with van der Waals surface area (Å²) in [4.78, 5) is 12.5. The fraction of sp³-hybridized carbons (Fsp3) is 0.350. The number of carbonyl (C=O) groups is 1. The SMILES string of the molecule is COc1cccc(NC(=O)Cc2ccc(S(=O)(=O)N3CCCCC3)cc2)c1. The van der Waals surface area contributed by atoms with Crippen molar-refractivity contribution in [2.24, 2.45) is 0 Å². The van der Waals surface area contributed by atoms with Gasteiger partial charge in [0.05, 0.1) is 18.4 Å². The Kier molecular flexibility index (Phi) is 6.13. The molecule has 27 heavy (non-hydrogen) atoms. The van der Waals surface area contributed by atoms with Crippen LogP contribution in [0, 0.1) is 0 Å². The van der Waals surface area contributed by atoms with Crippen molar-refractivity contribution in [3.05, 3.63) is 54.1 Å². The van der Waals surface area contributed by atoms with Crippen LogP contribution in [0.4, 0.5) is 5.69 Å². The van der Waals surface area contributed by atoms with Crippen LogP contribution in [-0.2, 0) is 21.2 Å². The molecule has 2 aromatic carbocycles. The molecule has 0 atom stereocenters. The van der Waals surface area contributed by atoms with Gasteiger partial charge in [-0.3, -0.25) is 4.79 Å². The van der Waals surface area contributed by atoms with Crippen molar-refractivity contribution in [2.75, 3.05) is 25.5 Å². The zero-order chi connectivity index (χ0) is 19.3. The molecule has 1 fully saturated rings. The average Bonchev–Trinajstić information content (AvgIpc) is 2.69. The predicted octanol–water partition coefficient (Wildman–Crippen LogP) is 3.05. The molecule has 1 aliphatic rings. The Hall–Kier alpha value is -2.38. The summed E-state index contributed by atoms with van der Waals surface area (Å²) in [5, 5.41) is 2.82. The van der Waals surface area contributed by atoms with Crippen molar-refractivity contribution < 1.29 is 17.9 Å². The summed E-state index contributed by atoms with van der Waals surface area (Å²) >= 11 is 0. The van der Waals surface area contributed by atoms with E-state index in [4.69, 9.17) is 4.74 Å². The number of sulfonamides is 1. The Labute approximate surface area is 160 Å². The number of amides is 1. The molecule has 0 unspecified atom stereocenters. The lowest BCUT2D eigenvalue weighted by Crippen LogP contribution is -2.35. The highest BCUT2D eigenvalue weighted by Crippen LogP contribution is 2.21. The van der Waals surface area contributed by atoms with E-state index in [0.29, 0.717) is 24.5 Å². The minimum absolute atomic E-state index is 0.168.